The lowest BCUT2D eigenvalue weighted by Crippen LogP contribution is -2.54. The number of amides is 2. The van der Waals surface area contributed by atoms with Crippen LogP contribution in [0.2, 0.25) is 0 Å². The van der Waals surface area contributed by atoms with Gasteiger partial charge in [-0.2, -0.15) is 0 Å². The molecule has 174 valence electrons. The molecular weight excluding hydrogens is 422 g/mol. The second-order valence-electron chi connectivity index (χ2n) is 9.11. The second-order valence-corrected chi connectivity index (χ2v) is 9.11. The molecule has 0 spiro atoms. The summed E-state index contributed by atoms with van der Waals surface area (Å²) in [6, 6.07) is 0.0277. The number of methoxy groups -OCH3 is 1. The summed E-state index contributed by atoms with van der Waals surface area (Å²) in [6.07, 6.45) is -1.92. The number of carbonyl (C=O) groups excluding carboxylic acids is 2. The molecule has 12 heteroatoms. The average Bonchev–Trinajstić information content (AvgIpc) is 3.29. The van der Waals surface area contributed by atoms with Crippen LogP contribution in [0, 0.1) is 6.92 Å². The Bertz CT molecular complexity index is 1020. The Morgan fingerprint density at radius 2 is 2.00 bits per heavy atom. The van der Waals surface area contributed by atoms with E-state index in [2.05, 4.69) is 15.5 Å². The third-order valence-corrected chi connectivity index (χ3v) is 6.06. The van der Waals surface area contributed by atoms with Crippen molar-refractivity contribution in [3.8, 4) is 11.5 Å². The molecule has 4 rings (SSSR count). The average molecular weight is 449 g/mol. The number of fused-ring (bicyclic) bond motifs is 5. The molecule has 0 aliphatic carbocycles. The molecule has 3 aliphatic heterocycles. The van der Waals surface area contributed by atoms with E-state index in [9.17, 15) is 19.8 Å². The van der Waals surface area contributed by atoms with Gasteiger partial charge in [0, 0.05) is 30.8 Å². The van der Waals surface area contributed by atoms with Crippen LogP contribution < -0.4 is 16.0 Å². The Kier molecular flexibility index (Phi) is 4.97. The highest BCUT2D eigenvalue weighted by molar-refractivity contribution is 5.85. The van der Waals surface area contributed by atoms with Gasteiger partial charge in [0.15, 0.2) is 5.72 Å². The van der Waals surface area contributed by atoms with Crippen LogP contribution in [0.4, 0.5) is 21.0 Å². The van der Waals surface area contributed by atoms with Crippen LogP contribution in [-0.2, 0) is 14.2 Å². The van der Waals surface area contributed by atoms with Crippen molar-refractivity contribution < 1.29 is 34.0 Å². The van der Waals surface area contributed by atoms with E-state index in [0.29, 0.717) is 12.2 Å². The van der Waals surface area contributed by atoms with Crippen molar-refractivity contribution in [2.75, 3.05) is 25.2 Å². The Labute approximate surface area is 184 Å². The molecule has 2 fully saturated rings. The summed E-state index contributed by atoms with van der Waals surface area (Å²) < 4.78 is 16.1. The zero-order chi connectivity index (χ0) is 23.6. The van der Waals surface area contributed by atoms with Gasteiger partial charge in [0.2, 0.25) is 0 Å². The Morgan fingerprint density at radius 1 is 1.31 bits per heavy atom. The highest BCUT2D eigenvalue weighted by atomic mass is 16.6. The van der Waals surface area contributed by atoms with E-state index in [1.54, 1.807) is 27.7 Å². The summed E-state index contributed by atoms with van der Waals surface area (Å²) in [7, 11) is 1.52. The number of nitrogens with zero attached hydrogens (tertiary/aromatic N) is 3. The molecule has 32 heavy (non-hydrogen) atoms. The molecule has 0 aromatic heterocycles. The zero-order valence-corrected chi connectivity index (χ0v) is 18.5. The maximum absolute atomic E-state index is 12.0. The van der Waals surface area contributed by atoms with Crippen LogP contribution in [0.15, 0.2) is 10.2 Å². The maximum Gasteiger partial charge on any atom is 0.452 e. The Morgan fingerprint density at radius 3 is 2.59 bits per heavy atom. The van der Waals surface area contributed by atoms with Crippen molar-refractivity contribution in [2.45, 2.75) is 57.0 Å². The molecule has 2 amide bonds. The summed E-state index contributed by atoms with van der Waals surface area (Å²) in [6.45, 7) is 6.93. The number of rotatable bonds is 4. The number of aromatic hydroxyl groups is 2. The molecule has 3 heterocycles. The molecule has 2 saturated heterocycles. The van der Waals surface area contributed by atoms with Gasteiger partial charge in [0.25, 0.3) is 0 Å². The molecule has 0 radical (unpaired) electrons. The molecule has 4 unspecified atom stereocenters. The third-order valence-electron chi connectivity index (χ3n) is 6.06. The van der Waals surface area contributed by atoms with Crippen molar-refractivity contribution in [2.24, 2.45) is 16.0 Å². The standard InChI is InChI=1S/C20H27N5O7/c1-8-12(23-24-18(29)32-19(2,3)4)15(27)11-9(7-31-17(21)28)20(30-5)16-10(22-16)6-25(20)13(11)14(8)26/h9-10,16,22,26-27H,6-7H2,1-5H3,(H2,21,28)/b24-23+. The number of nitrogens with two attached hydrogens (primary N) is 1. The van der Waals surface area contributed by atoms with E-state index in [1.165, 1.54) is 7.11 Å². The third kappa shape index (κ3) is 3.21. The van der Waals surface area contributed by atoms with Gasteiger partial charge in [-0.15, -0.1) is 5.11 Å². The van der Waals surface area contributed by atoms with Gasteiger partial charge >= 0.3 is 12.2 Å². The zero-order valence-electron chi connectivity index (χ0n) is 18.5. The topological polar surface area (TPSA) is 178 Å². The summed E-state index contributed by atoms with van der Waals surface area (Å²) in [5.41, 5.74) is 4.18. The molecule has 0 bridgehead atoms. The van der Waals surface area contributed by atoms with Crippen LogP contribution in [0.1, 0.15) is 37.8 Å². The fraction of sp³-hybridized carbons (Fsp3) is 0.600. The van der Waals surface area contributed by atoms with Crippen molar-refractivity contribution in [1.29, 1.82) is 0 Å². The summed E-state index contributed by atoms with van der Waals surface area (Å²) >= 11 is 0. The first kappa shape index (κ1) is 22.1. The number of azo groups is 1. The Hall–Kier alpha value is -3.12. The lowest BCUT2D eigenvalue weighted by Gasteiger charge is -2.38. The molecule has 12 nitrogen and oxygen atoms in total. The van der Waals surface area contributed by atoms with Crippen molar-refractivity contribution in [3.05, 3.63) is 11.1 Å². The predicted octanol–water partition coefficient (Wildman–Crippen LogP) is 2.12. The van der Waals surface area contributed by atoms with Gasteiger partial charge in [0.05, 0.1) is 17.6 Å². The largest absolute Gasteiger partial charge is 0.505 e. The number of hydrogen-bond acceptors (Lipinski definition) is 10. The van der Waals surface area contributed by atoms with Gasteiger partial charge in [-0.05, 0) is 27.7 Å². The SMILES string of the molecule is COC12C(COC(N)=O)c3c(O)c(/N=N/C(=O)OC(C)(C)C)c(C)c(O)c3N1CC1NC12. The Balaban J connectivity index is 1.81. The predicted molar refractivity (Wildman–Crippen MR) is 111 cm³/mol. The summed E-state index contributed by atoms with van der Waals surface area (Å²) in [5, 5.41) is 32.9. The van der Waals surface area contributed by atoms with Gasteiger partial charge in [-0.25, -0.2) is 9.59 Å². The van der Waals surface area contributed by atoms with E-state index >= 15 is 0 Å². The fourth-order valence-corrected chi connectivity index (χ4v) is 4.81. The molecule has 1 aromatic rings. The van der Waals surface area contributed by atoms with E-state index in [0.717, 1.165) is 0 Å². The quantitative estimate of drug-likeness (QED) is 0.304. The smallest absolute Gasteiger partial charge is 0.452 e. The number of phenolic OH excluding ortho intramolecular Hbond substituents is 2. The number of phenols is 2. The van der Waals surface area contributed by atoms with E-state index in [4.69, 9.17) is 19.9 Å². The molecule has 4 atom stereocenters. The van der Waals surface area contributed by atoms with Crippen molar-refractivity contribution in [1.82, 2.24) is 5.32 Å². The first-order chi connectivity index (χ1) is 14.9. The molecular formula is C20H27N5O7. The van der Waals surface area contributed by atoms with E-state index in [1.807, 2.05) is 4.90 Å². The molecule has 0 saturated carbocycles. The highest BCUT2D eigenvalue weighted by Crippen LogP contribution is 2.64. The minimum Gasteiger partial charge on any atom is -0.505 e. The van der Waals surface area contributed by atoms with Crippen molar-refractivity contribution in [3.63, 3.8) is 0 Å². The number of hydrogen-bond donors (Lipinski definition) is 4. The number of piperazine rings is 1. The monoisotopic (exact) mass is 449 g/mol. The van der Waals surface area contributed by atoms with Gasteiger partial charge < -0.3 is 40.4 Å². The van der Waals surface area contributed by atoms with Gasteiger partial charge in [-0.1, -0.05) is 5.11 Å². The number of benzene rings is 1. The molecule has 1 aromatic carbocycles. The minimum atomic E-state index is -1.01. The van der Waals surface area contributed by atoms with Crippen LogP contribution in [0.25, 0.3) is 0 Å². The number of nitrogens with one attached hydrogen (secondary N) is 1. The molecule has 5 N–H and O–H groups in total. The number of ether oxygens (including phenoxy) is 3. The van der Waals surface area contributed by atoms with E-state index < -0.39 is 29.4 Å². The highest BCUT2D eigenvalue weighted by Gasteiger charge is 2.71. The maximum atomic E-state index is 12.0. The van der Waals surface area contributed by atoms with Crippen LogP contribution in [-0.4, -0.2) is 66.1 Å². The first-order valence-corrected chi connectivity index (χ1v) is 10.2. The normalized spacial score (nSPS) is 27.8. The van der Waals surface area contributed by atoms with Crippen LogP contribution >= 0.6 is 0 Å². The van der Waals surface area contributed by atoms with Gasteiger partial charge in [-0.3, -0.25) is 0 Å². The number of anilines is 1. The van der Waals surface area contributed by atoms with Gasteiger partial charge in [0.1, 0.15) is 29.4 Å². The lowest BCUT2D eigenvalue weighted by molar-refractivity contribution is -0.0337. The van der Waals surface area contributed by atoms with Crippen LogP contribution in [0.5, 0.6) is 11.5 Å². The number of primary amides is 1. The van der Waals surface area contributed by atoms with Crippen LogP contribution in [0.3, 0.4) is 0 Å². The fourth-order valence-electron chi connectivity index (χ4n) is 4.81. The minimum absolute atomic E-state index is 0.0936. The summed E-state index contributed by atoms with van der Waals surface area (Å²) in [4.78, 5) is 25.2. The number of carbonyl (C=O) groups is 2. The lowest BCUT2D eigenvalue weighted by atomic mass is 9.88. The second kappa shape index (κ2) is 7.20. The first-order valence-electron chi connectivity index (χ1n) is 10.2. The van der Waals surface area contributed by atoms with E-state index in [-0.39, 0.29) is 47.0 Å². The summed E-state index contributed by atoms with van der Waals surface area (Å²) in [5.74, 6) is -1.13. The van der Waals surface area contributed by atoms with Crippen molar-refractivity contribution >= 4 is 23.6 Å². The molecule has 3 aliphatic rings.